The van der Waals surface area contributed by atoms with Gasteiger partial charge >= 0.3 is 0 Å². The lowest BCUT2D eigenvalue weighted by molar-refractivity contribution is 0.343. The molecule has 0 bridgehead atoms. The molecular weight excluding hydrogens is 347 g/mol. The molecule has 0 unspecified atom stereocenters. The normalized spacial score (nSPS) is 11.3. The van der Waals surface area contributed by atoms with Crippen LogP contribution in [0.4, 0.5) is 0 Å². The summed E-state index contributed by atoms with van der Waals surface area (Å²) in [6, 6.07) is 13.6. The van der Waals surface area contributed by atoms with Gasteiger partial charge in [-0.1, -0.05) is 69.7 Å². The Labute approximate surface area is 168 Å². The molecule has 0 saturated heterocycles. The van der Waals surface area contributed by atoms with E-state index in [0.717, 1.165) is 6.61 Å². The van der Waals surface area contributed by atoms with E-state index in [4.69, 9.17) is 4.52 Å². The molecule has 0 spiro atoms. The predicted octanol–water partition coefficient (Wildman–Crippen LogP) is 7.04. The van der Waals surface area contributed by atoms with Crippen LogP contribution in [0.2, 0.25) is 0 Å². The van der Waals surface area contributed by atoms with Gasteiger partial charge in [-0.15, -0.1) is 0 Å². The van der Waals surface area contributed by atoms with Gasteiger partial charge in [0.15, 0.2) is 0 Å². The molecule has 0 N–H and O–H groups in total. The van der Waals surface area contributed by atoms with Gasteiger partial charge in [0, 0.05) is 10.6 Å². The van der Waals surface area contributed by atoms with Crippen LogP contribution in [-0.4, -0.2) is 6.61 Å². The minimum absolute atomic E-state index is 0.738. The summed E-state index contributed by atoms with van der Waals surface area (Å²) in [7, 11) is -0.738. The highest BCUT2D eigenvalue weighted by atomic mass is 31.1. The number of aryl methyl sites for hydroxylation is 4. The molecule has 0 aliphatic carbocycles. The standard InChI is InChI=1S/C25H37OP/c1-6-7-8-9-10-11-12-17-26-27(24-15-13-20(2)22(4)18-24)25-16-14-21(3)23(5)19-25/h13-16,18-19H,6-12,17H2,1-5H3. The SMILES string of the molecule is CCCCCCCCCOP(c1ccc(C)c(C)c1)c1ccc(C)c(C)c1. The van der Waals surface area contributed by atoms with E-state index < -0.39 is 8.15 Å². The minimum Gasteiger partial charge on any atom is -0.350 e. The predicted molar refractivity (Wildman–Crippen MR) is 122 cm³/mol. The molecule has 0 radical (unpaired) electrons. The van der Waals surface area contributed by atoms with Crippen LogP contribution in [0.5, 0.6) is 0 Å². The van der Waals surface area contributed by atoms with E-state index in [1.165, 1.54) is 77.8 Å². The van der Waals surface area contributed by atoms with E-state index in [1.54, 1.807) is 0 Å². The third-order valence-corrected chi connectivity index (χ3v) is 7.35. The van der Waals surface area contributed by atoms with Gasteiger partial charge in [0.25, 0.3) is 0 Å². The molecular formula is C25H37OP. The Kier molecular flexibility index (Phi) is 9.52. The molecule has 0 atom stereocenters. The van der Waals surface area contributed by atoms with Crippen molar-refractivity contribution in [1.82, 2.24) is 0 Å². The molecule has 0 aromatic heterocycles. The summed E-state index contributed by atoms with van der Waals surface area (Å²) >= 11 is 0. The number of hydrogen-bond donors (Lipinski definition) is 0. The van der Waals surface area contributed by atoms with Crippen molar-refractivity contribution in [3.63, 3.8) is 0 Å². The molecule has 2 aromatic carbocycles. The Morgan fingerprint density at radius 2 is 1.11 bits per heavy atom. The van der Waals surface area contributed by atoms with Gasteiger partial charge in [-0.3, -0.25) is 0 Å². The fraction of sp³-hybridized carbons (Fsp3) is 0.520. The molecule has 0 aliphatic rings. The monoisotopic (exact) mass is 384 g/mol. The molecule has 0 aliphatic heterocycles. The maximum absolute atomic E-state index is 6.50. The zero-order chi connectivity index (χ0) is 19.6. The van der Waals surface area contributed by atoms with Crippen molar-refractivity contribution in [3.8, 4) is 0 Å². The lowest BCUT2D eigenvalue weighted by Gasteiger charge is -2.20. The first-order valence-corrected chi connectivity index (χ1v) is 11.9. The zero-order valence-corrected chi connectivity index (χ0v) is 18.9. The van der Waals surface area contributed by atoms with E-state index in [0.29, 0.717) is 0 Å². The molecule has 2 rings (SSSR count). The van der Waals surface area contributed by atoms with Gasteiger partial charge in [-0.2, -0.15) is 0 Å². The Hall–Kier alpha value is -1.17. The van der Waals surface area contributed by atoms with Gasteiger partial charge < -0.3 is 4.52 Å². The number of benzene rings is 2. The fourth-order valence-electron chi connectivity index (χ4n) is 3.22. The second-order valence-corrected chi connectivity index (χ2v) is 9.67. The van der Waals surface area contributed by atoms with Crippen LogP contribution in [0, 0.1) is 27.7 Å². The van der Waals surface area contributed by atoms with Gasteiger partial charge in [-0.25, -0.2) is 0 Å². The van der Waals surface area contributed by atoms with E-state index in [9.17, 15) is 0 Å². The average molecular weight is 385 g/mol. The van der Waals surface area contributed by atoms with Crippen molar-refractivity contribution in [2.24, 2.45) is 0 Å². The lowest BCUT2D eigenvalue weighted by Crippen LogP contribution is -2.16. The maximum atomic E-state index is 6.50. The summed E-state index contributed by atoms with van der Waals surface area (Å²) in [5, 5.41) is 2.67. The summed E-state index contributed by atoms with van der Waals surface area (Å²) < 4.78 is 6.50. The molecule has 1 nitrogen and oxygen atoms in total. The van der Waals surface area contributed by atoms with Crippen LogP contribution in [-0.2, 0) is 4.52 Å². The third-order valence-electron chi connectivity index (χ3n) is 5.42. The Morgan fingerprint density at radius 3 is 1.59 bits per heavy atom. The van der Waals surface area contributed by atoms with Crippen LogP contribution in [0.3, 0.4) is 0 Å². The summed E-state index contributed by atoms with van der Waals surface area (Å²) in [5.74, 6) is 0. The smallest absolute Gasteiger partial charge is 0.0917 e. The molecule has 0 amide bonds. The summed E-state index contributed by atoms with van der Waals surface area (Å²) in [6.45, 7) is 11.9. The first kappa shape index (κ1) is 22.1. The van der Waals surface area contributed by atoms with Gasteiger partial charge in [0.2, 0.25) is 0 Å². The molecule has 2 aromatic rings. The topological polar surface area (TPSA) is 9.23 Å². The Morgan fingerprint density at radius 1 is 0.630 bits per heavy atom. The fourth-order valence-corrected chi connectivity index (χ4v) is 5.17. The van der Waals surface area contributed by atoms with Gasteiger partial charge in [0.1, 0.15) is 0 Å². The van der Waals surface area contributed by atoms with E-state index in [1.807, 2.05) is 0 Å². The zero-order valence-electron chi connectivity index (χ0n) is 18.0. The Bertz CT molecular complexity index is 656. The molecule has 0 fully saturated rings. The maximum Gasteiger partial charge on any atom is 0.0917 e. The van der Waals surface area contributed by atoms with Crippen LogP contribution in [0.25, 0.3) is 0 Å². The van der Waals surface area contributed by atoms with Crippen LogP contribution in [0.1, 0.15) is 74.1 Å². The highest BCUT2D eigenvalue weighted by molar-refractivity contribution is 7.68. The van der Waals surface area contributed by atoms with Gasteiger partial charge in [-0.05, 0) is 68.5 Å². The molecule has 2 heteroatoms. The highest BCUT2D eigenvalue weighted by Gasteiger charge is 2.16. The average Bonchev–Trinajstić information content (AvgIpc) is 2.65. The summed E-state index contributed by atoms with van der Waals surface area (Å²) in [6.07, 6.45) is 9.24. The third kappa shape index (κ3) is 7.05. The largest absolute Gasteiger partial charge is 0.350 e. The first-order valence-electron chi connectivity index (χ1n) is 10.6. The summed E-state index contributed by atoms with van der Waals surface area (Å²) in [5.41, 5.74) is 5.40. The molecule has 27 heavy (non-hydrogen) atoms. The van der Waals surface area contributed by atoms with E-state index in [2.05, 4.69) is 71.0 Å². The van der Waals surface area contributed by atoms with Crippen molar-refractivity contribution in [2.45, 2.75) is 79.6 Å². The van der Waals surface area contributed by atoms with Crippen LogP contribution < -0.4 is 10.6 Å². The van der Waals surface area contributed by atoms with E-state index in [-0.39, 0.29) is 0 Å². The Balaban J connectivity index is 2.02. The second kappa shape index (κ2) is 11.6. The van der Waals surface area contributed by atoms with Crippen molar-refractivity contribution in [3.05, 3.63) is 58.7 Å². The molecule has 0 saturated carbocycles. The quantitative estimate of drug-likeness (QED) is 0.298. The second-order valence-electron chi connectivity index (χ2n) is 7.79. The first-order chi connectivity index (χ1) is 13.0. The van der Waals surface area contributed by atoms with Crippen molar-refractivity contribution in [2.75, 3.05) is 6.61 Å². The highest BCUT2D eigenvalue weighted by Crippen LogP contribution is 2.36. The summed E-state index contributed by atoms with van der Waals surface area (Å²) in [4.78, 5) is 0. The minimum atomic E-state index is -0.738. The van der Waals surface area contributed by atoms with Crippen LogP contribution in [0.15, 0.2) is 36.4 Å². The van der Waals surface area contributed by atoms with Crippen molar-refractivity contribution >= 4 is 18.8 Å². The molecule has 0 heterocycles. The molecule has 148 valence electrons. The van der Waals surface area contributed by atoms with Crippen molar-refractivity contribution in [1.29, 1.82) is 0 Å². The van der Waals surface area contributed by atoms with E-state index >= 15 is 0 Å². The van der Waals surface area contributed by atoms with Crippen LogP contribution >= 0.6 is 8.15 Å². The van der Waals surface area contributed by atoms with Gasteiger partial charge in [0.05, 0.1) is 14.8 Å². The number of unbranched alkanes of at least 4 members (excludes halogenated alkanes) is 6. The number of hydrogen-bond acceptors (Lipinski definition) is 1. The van der Waals surface area contributed by atoms with Crippen molar-refractivity contribution < 1.29 is 4.52 Å². The number of rotatable bonds is 11. The lowest BCUT2D eigenvalue weighted by atomic mass is 10.1.